The van der Waals surface area contributed by atoms with Gasteiger partial charge in [0, 0.05) is 44.4 Å². The number of nitrogens with zero attached hydrogens (tertiary/aromatic N) is 8. The monoisotopic (exact) mass is 630 g/mol. The fourth-order valence-electron chi connectivity index (χ4n) is 5.41. The highest BCUT2D eigenvalue weighted by Gasteiger charge is 2.41. The van der Waals surface area contributed by atoms with Gasteiger partial charge in [0.15, 0.2) is 12.1 Å². The van der Waals surface area contributed by atoms with Crippen molar-refractivity contribution >= 4 is 30.0 Å². The number of ether oxygens (including phenoxy) is 1. The second kappa shape index (κ2) is 14.6. The molecule has 3 aromatic rings. The van der Waals surface area contributed by atoms with Crippen molar-refractivity contribution in [3.8, 4) is 6.07 Å². The summed E-state index contributed by atoms with van der Waals surface area (Å²) in [6.07, 6.45) is 11.1. The number of likely N-dealkylation sites (tertiary alicyclic amines) is 1. The molecule has 244 valence electrons. The van der Waals surface area contributed by atoms with Crippen molar-refractivity contribution in [2.45, 2.75) is 64.3 Å². The number of aldehydes is 1. The normalized spacial score (nSPS) is 14.7. The summed E-state index contributed by atoms with van der Waals surface area (Å²) in [7, 11) is 1.75. The van der Waals surface area contributed by atoms with Crippen molar-refractivity contribution in [1.82, 2.24) is 40.0 Å². The number of amides is 1. The van der Waals surface area contributed by atoms with E-state index in [0.29, 0.717) is 61.8 Å². The van der Waals surface area contributed by atoms with Crippen LogP contribution in [0.3, 0.4) is 0 Å². The van der Waals surface area contributed by atoms with Gasteiger partial charge in [0.2, 0.25) is 0 Å². The maximum Gasteiger partial charge on any atom is 0.410 e. The van der Waals surface area contributed by atoms with E-state index in [1.807, 2.05) is 39.0 Å². The first-order chi connectivity index (χ1) is 22.0. The van der Waals surface area contributed by atoms with Gasteiger partial charge in [0.05, 0.1) is 48.6 Å². The summed E-state index contributed by atoms with van der Waals surface area (Å²) in [5.74, 6) is 6.42. The maximum absolute atomic E-state index is 12.8. The molecular formula is C31H42N12O3. The summed E-state index contributed by atoms with van der Waals surface area (Å²) < 4.78 is 9.04. The van der Waals surface area contributed by atoms with Gasteiger partial charge in [-0.3, -0.25) is 9.48 Å². The zero-order chi connectivity index (χ0) is 33.3. The first kappa shape index (κ1) is 33.5. The Morgan fingerprint density at radius 2 is 1.98 bits per heavy atom. The van der Waals surface area contributed by atoms with Crippen LogP contribution in [0.4, 0.5) is 16.3 Å². The molecule has 15 nitrogen and oxygen atoms in total. The minimum atomic E-state index is -0.771. The number of anilines is 2. The number of rotatable bonds is 12. The van der Waals surface area contributed by atoms with Gasteiger partial charge in [-0.25, -0.2) is 15.3 Å². The number of hydrogen-bond acceptors (Lipinski definition) is 12. The van der Waals surface area contributed by atoms with Gasteiger partial charge in [0.25, 0.3) is 0 Å². The number of nitrogens with one attached hydrogen (secondary N) is 2. The molecule has 0 radical (unpaired) electrons. The predicted molar refractivity (Wildman–Crippen MR) is 173 cm³/mol. The molecule has 0 saturated carbocycles. The fourth-order valence-corrected chi connectivity index (χ4v) is 5.41. The molecule has 1 amide bonds. The summed E-state index contributed by atoms with van der Waals surface area (Å²) in [6, 6.07) is 8.16. The number of piperidine rings is 1. The zero-order valence-corrected chi connectivity index (χ0v) is 26.7. The summed E-state index contributed by atoms with van der Waals surface area (Å²) in [4.78, 5) is 27.1. The van der Waals surface area contributed by atoms with Crippen LogP contribution in [0.1, 0.15) is 67.2 Å². The van der Waals surface area contributed by atoms with Crippen LogP contribution in [0.15, 0.2) is 49.2 Å². The number of hydrazine groups is 1. The molecule has 1 aliphatic rings. The van der Waals surface area contributed by atoms with Crippen LogP contribution < -0.4 is 22.2 Å². The fraction of sp³-hybridized carbons (Fsp3) is 0.419. The molecule has 46 heavy (non-hydrogen) atoms. The summed E-state index contributed by atoms with van der Waals surface area (Å²) in [5, 5.41) is 30.6. The van der Waals surface area contributed by atoms with E-state index in [-0.39, 0.29) is 6.42 Å². The van der Waals surface area contributed by atoms with E-state index in [1.165, 1.54) is 11.2 Å². The quantitative estimate of drug-likeness (QED) is 0.130. The van der Waals surface area contributed by atoms with E-state index in [9.17, 15) is 14.9 Å². The SMILES string of the molecule is CN/C=C\c1c(C=O)c(Nc2cc(CN(N)/C=C\N)cc(Cn3ccnn3)c2)nn1C1(CC#N)CCN(C(=O)OC(C)(C)C)CC1. The summed E-state index contributed by atoms with van der Waals surface area (Å²) >= 11 is 0. The Hall–Kier alpha value is -5.36. The average molecular weight is 631 g/mol. The molecule has 0 spiro atoms. The zero-order valence-electron chi connectivity index (χ0n) is 26.7. The number of aromatic nitrogens is 5. The van der Waals surface area contributed by atoms with E-state index in [0.717, 1.165) is 17.4 Å². The van der Waals surface area contributed by atoms with Crippen LogP contribution in [0, 0.1) is 11.3 Å². The third-order valence-electron chi connectivity index (χ3n) is 7.46. The minimum absolute atomic E-state index is 0.132. The smallest absolute Gasteiger partial charge is 0.410 e. The molecular weight excluding hydrogens is 588 g/mol. The predicted octanol–water partition coefficient (Wildman–Crippen LogP) is 3.01. The van der Waals surface area contributed by atoms with Crippen LogP contribution in [-0.4, -0.2) is 72.8 Å². The summed E-state index contributed by atoms with van der Waals surface area (Å²) in [5.41, 5.74) is 7.45. The van der Waals surface area contributed by atoms with E-state index in [2.05, 4.69) is 27.0 Å². The van der Waals surface area contributed by atoms with Crippen molar-refractivity contribution in [3.05, 3.63) is 71.6 Å². The lowest BCUT2D eigenvalue weighted by Gasteiger charge is -2.41. The van der Waals surface area contributed by atoms with Gasteiger partial charge < -0.3 is 31.0 Å². The van der Waals surface area contributed by atoms with E-state index < -0.39 is 17.2 Å². The molecule has 3 heterocycles. The standard InChI is InChI=1S/C31H42N12O3/c1-30(2,3)46-29(45)40-13-7-31(6-9-32,8-14-40)43-27(5-11-35-4)26(22-44)28(38-43)37-25-18-23(20-41(34)15-10-33)17-24(19-25)21-42-16-12-36-39-42/h5,10-12,15-19,22,35H,6-8,13-14,20-21,33-34H2,1-4H3,(H,37,38)/b11-5-,15-10-. The molecule has 0 unspecified atom stereocenters. The second-order valence-electron chi connectivity index (χ2n) is 12.1. The number of hydrogen-bond donors (Lipinski definition) is 4. The number of nitriles is 1. The molecule has 1 aliphatic heterocycles. The van der Waals surface area contributed by atoms with Crippen molar-refractivity contribution in [2.75, 3.05) is 25.5 Å². The first-order valence-electron chi connectivity index (χ1n) is 14.9. The lowest BCUT2D eigenvalue weighted by atomic mass is 9.84. The maximum atomic E-state index is 12.8. The molecule has 2 aromatic heterocycles. The van der Waals surface area contributed by atoms with Gasteiger partial charge in [-0.15, -0.1) is 5.10 Å². The largest absolute Gasteiger partial charge is 0.444 e. The Morgan fingerprint density at radius 3 is 2.59 bits per heavy atom. The topological polar surface area (TPSA) is 198 Å². The van der Waals surface area contributed by atoms with Crippen molar-refractivity contribution in [2.24, 2.45) is 11.6 Å². The lowest BCUT2D eigenvalue weighted by molar-refractivity contribution is 0.0105. The highest BCUT2D eigenvalue weighted by molar-refractivity contribution is 5.89. The Morgan fingerprint density at radius 1 is 1.24 bits per heavy atom. The molecule has 1 fully saturated rings. The van der Waals surface area contributed by atoms with Gasteiger partial charge in [0.1, 0.15) is 5.60 Å². The number of carbonyl (C=O) groups excluding carboxylic acids is 2. The molecule has 4 rings (SSSR count). The van der Waals surface area contributed by atoms with Crippen LogP contribution in [0.5, 0.6) is 0 Å². The Bertz CT molecular complexity index is 1590. The minimum Gasteiger partial charge on any atom is -0.444 e. The molecule has 0 bridgehead atoms. The van der Waals surface area contributed by atoms with Gasteiger partial charge in [-0.2, -0.15) is 10.4 Å². The number of carbonyl (C=O) groups is 2. The van der Waals surface area contributed by atoms with Crippen molar-refractivity contribution in [3.63, 3.8) is 0 Å². The molecule has 0 atom stereocenters. The lowest BCUT2D eigenvalue weighted by Crippen LogP contribution is -2.49. The van der Waals surface area contributed by atoms with E-state index >= 15 is 0 Å². The highest BCUT2D eigenvalue weighted by atomic mass is 16.6. The van der Waals surface area contributed by atoms with Crippen LogP contribution >= 0.6 is 0 Å². The molecule has 15 heteroatoms. The van der Waals surface area contributed by atoms with Gasteiger partial charge in [-0.1, -0.05) is 11.3 Å². The number of nitrogens with two attached hydrogens (primary N) is 2. The van der Waals surface area contributed by atoms with Crippen LogP contribution in [-0.2, 0) is 23.4 Å². The Labute approximate surface area is 268 Å². The molecule has 1 aromatic carbocycles. The molecule has 0 aliphatic carbocycles. The van der Waals surface area contributed by atoms with E-state index in [1.54, 1.807) is 52.2 Å². The van der Waals surface area contributed by atoms with Gasteiger partial charge in [-0.05, 0) is 69.1 Å². The Balaban J connectivity index is 1.73. The highest BCUT2D eigenvalue weighted by Crippen LogP contribution is 2.38. The molecule has 6 N–H and O–H groups in total. The third-order valence-corrected chi connectivity index (χ3v) is 7.46. The summed E-state index contributed by atoms with van der Waals surface area (Å²) in [6.45, 7) is 7.01. The van der Waals surface area contributed by atoms with Crippen LogP contribution in [0.25, 0.3) is 6.08 Å². The van der Waals surface area contributed by atoms with Gasteiger partial charge >= 0.3 is 6.09 Å². The molecule has 1 saturated heterocycles. The number of benzene rings is 1. The second-order valence-corrected chi connectivity index (χ2v) is 12.1. The van der Waals surface area contributed by atoms with Crippen molar-refractivity contribution in [1.29, 1.82) is 5.26 Å². The van der Waals surface area contributed by atoms with Crippen LogP contribution in [0.2, 0.25) is 0 Å². The third kappa shape index (κ3) is 8.21. The van der Waals surface area contributed by atoms with E-state index in [4.69, 9.17) is 21.4 Å². The average Bonchev–Trinajstić information content (AvgIpc) is 3.63. The Kier molecular flexibility index (Phi) is 10.7. The van der Waals surface area contributed by atoms with Crippen molar-refractivity contribution < 1.29 is 14.3 Å². The first-order valence-corrected chi connectivity index (χ1v) is 14.9.